The smallest absolute Gasteiger partial charge is 0.416 e. The van der Waals surface area contributed by atoms with E-state index in [-0.39, 0.29) is 17.4 Å². The summed E-state index contributed by atoms with van der Waals surface area (Å²) in [5.41, 5.74) is -0.0382. The van der Waals surface area contributed by atoms with Gasteiger partial charge in [-0.25, -0.2) is 0 Å². The maximum Gasteiger partial charge on any atom is 0.416 e. The van der Waals surface area contributed by atoms with Crippen LogP contribution in [0.25, 0.3) is 11.5 Å². The molecule has 3 aromatic rings. The Morgan fingerprint density at radius 1 is 1.09 bits per heavy atom. The highest BCUT2D eigenvalue weighted by Gasteiger charge is 2.31. The summed E-state index contributed by atoms with van der Waals surface area (Å²) in [7, 11) is 1.53. The van der Waals surface area contributed by atoms with Crippen molar-refractivity contribution in [2.75, 3.05) is 33.3 Å². The molecular weight excluding hydrogens is 425 g/mol. The lowest BCUT2D eigenvalue weighted by atomic mass is 10.1. The summed E-state index contributed by atoms with van der Waals surface area (Å²) in [5.74, 6) is 0.861. The minimum absolute atomic E-state index is 0.0380. The van der Waals surface area contributed by atoms with Crippen LogP contribution in [0, 0.1) is 0 Å². The minimum Gasteiger partial charge on any atom is -0.496 e. The molecule has 1 amide bonds. The van der Waals surface area contributed by atoms with Crippen molar-refractivity contribution < 1.29 is 27.2 Å². The number of carbonyl (C=O) groups excluding carboxylic acids is 1. The predicted octanol–water partition coefficient (Wildman–Crippen LogP) is 3.72. The molecule has 0 radical (unpaired) electrons. The molecule has 2 heterocycles. The van der Waals surface area contributed by atoms with Gasteiger partial charge in [0.1, 0.15) is 5.75 Å². The lowest BCUT2D eigenvalue weighted by Gasteiger charge is -2.34. The summed E-state index contributed by atoms with van der Waals surface area (Å²) >= 11 is 0. The van der Waals surface area contributed by atoms with Gasteiger partial charge in [0.05, 0.1) is 24.8 Å². The molecule has 1 fully saturated rings. The van der Waals surface area contributed by atoms with Crippen molar-refractivity contribution in [1.29, 1.82) is 0 Å². The first-order valence-corrected chi connectivity index (χ1v) is 10.00. The maximum atomic E-state index is 12.9. The molecule has 1 aliphatic heterocycles. The summed E-state index contributed by atoms with van der Waals surface area (Å²) < 4.78 is 49.2. The van der Waals surface area contributed by atoms with Gasteiger partial charge < -0.3 is 14.2 Å². The number of halogens is 3. The third-order valence-corrected chi connectivity index (χ3v) is 5.27. The van der Waals surface area contributed by atoms with Crippen molar-refractivity contribution in [3.05, 3.63) is 65.5 Å². The van der Waals surface area contributed by atoms with Gasteiger partial charge in [-0.15, -0.1) is 0 Å². The second-order valence-corrected chi connectivity index (χ2v) is 7.36. The zero-order chi connectivity index (χ0) is 22.7. The minimum atomic E-state index is -4.44. The van der Waals surface area contributed by atoms with Crippen LogP contribution in [0.5, 0.6) is 5.75 Å². The van der Waals surface area contributed by atoms with Gasteiger partial charge in [0.2, 0.25) is 0 Å². The lowest BCUT2D eigenvalue weighted by molar-refractivity contribution is -0.137. The number of rotatable bonds is 5. The van der Waals surface area contributed by atoms with Crippen LogP contribution in [-0.2, 0) is 12.7 Å². The number of piperazine rings is 1. The van der Waals surface area contributed by atoms with Crippen molar-refractivity contribution in [3.63, 3.8) is 0 Å². The molecule has 0 unspecified atom stereocenters. The number of para-hydroxylation sites is 1. The monoisotopic (exact) mass is 446 g/mol. The van der Waals surface area contributed by atoms with E-state index in [2.05, 4.69) is 15.0 Å². The van der Waals surface area contributed by atoms with Crippen LogP contribution in [0.1, 0.15) is 21.7 Å². The lowest BCUT2D eigenvalue weighted by Crippen LogP contribution is -2.48. The second-order valence-electron chi connectivity index (χ2n) is 7.36. The number of hydrogen-bond acceptors (Lipinski definition) is 6. The molecule has 32 heavy (non-hydrogen) atoms. The summed E-state index contributed by atoms with van der Waals surface area (Å²) in [6, 6.07) is 11.9. The van der Waals surface area contributed by atoms with Crippen LogP contribution >= 0.6 is 0 Å². The molecule has 0 atom stereocenters. The van der Waals surface area contributed by atoms with Crippen LogP contribution in [0.4, 0.5) is 13.2 Å². The predicted molar refractivity (Wildman–Crippen MR) is 109 cm³/mol. The zero-order valence-electron chi connectivity index (χ0n) is 17.3. The largest absolute Gasteiger partial charge is 0.496 e. The van der Waals surface area contributed by atoms with E-state index in [1.807, 2.05) is 6.07 Å². The van der Waals surface area contributed by atoms with Gasteiger partial charge in [0.15, 0.2) is 5.82 Å². The van der Waals surface area contributed by atoms with Crippen molar-refractivity contribution in [3.8, 4) is 17.2 Å². The number of nitrogens with zero attached hydrogens (tertiary/aromatic N) is 4. The van der Waals surface area contributed by atoms with Crippen molar-refractivity contribution in [2.45, 2.75) is 12.7 Å². The van der Waals surface area contributed by atoms with Crippen LogP contribution in [0.2, 0.25) is 0 Å². The van der Waals surface area contributed by atoms with E-state index in [9.17, 15) is 18.0 Å². The molecular formula is C22H21F3N4O3. The third-order valence-electron chi connectivity index (χ3n) is 5.27. The van der Waals surface area contributed by atoms with Crippen molar-refractivity contribution in [2.24, 2.45) is 0 Å². The number of benzene rings is 2. The molecule has 4 rings (SSSR count). The molecule has 0 N–H and O–H groups in total. The molecule has 10 heteroatoms. The molecule has 168 valence electrons. The number of alkyl halides is 3. The van der Waals surface area contributed by atoms with E-state index in [1.165, 1.54) is 19.2 Å². The van der Waals surface area contributed by atoms with Gasteiger partial charge in [0.25, 0.3) is 11.8 Å². The average Bonchev–Trinajstić information content (AvgIpc) is 3.27. The van der Waals surface area contributed by atoms with Crippen LogP contribution in [-0.4, -0.2) is 59.1 Å². The van der Waals surface area contributed by atoms with Gasteiger partial charge in [-0.05, 0) is 30.3 Å². The summed E-state index contributed by atoms with van der Waals surface area (Å²) in [6.45, 7) is 2.63. The van der Waals surface area contributed by atoms with Gasteiger partial charge in [-0.2, -0.15) is 18.2 Å². The SMILES string of the molecule is COc1ccccc1C(=O)N1CCN(Cc2noc(-c3cccc(C(F)(F)F)c3)n2)CC1. The Morgan fingerprint density at radius 2 is 1.84 bits per heavy atom. The van der Waals surface area contributed by atoms with E-state index in [0.29, 0.717) is 49.9 Å². The van der Waals surface area contributed by atoms with Gasteiger partial charge in [0, 0.05) is 31.7 Å². The average molecular weight is 446 g/mol. The second kappa shape index (κ2) is 8.99. The summed E-state index contributed by atoms with van der Waals surface area (Å²) in [5, 5.41) is 3.90. The number of hydrogen-bond donors (Lipinski definition) is 0. The number of aromatic nitrogens is 2. The molecule has 2 aromatic carbocycles. The first-order chi connectivity index (χ1) is 15.3. The molecule has 0 aliphatic carbocycles. The highest BCUT2D eigenvalue weighted by Crippen LogP contribution is 2.31. The highest BCUT2D eigenvalue weighted by atomic mass is 19.4. The maximum absolute atomic E-state index is 12.9. The fourth-order valence-electron chi connectivity index (χ4n) is 3.56. The Balaban J connectivity index is 1.36. The Kier molecular flexibility index (Phi) is 6.13. The summed E-state index contributed by atoms with van der Waals surface area (Å²) in [4.78, 5) is 20.9. The normalized spacial score (nSPS) is 15.1. The van der Waals surface area contributed by atoms with Crippen LogP contribution in [0.15, 0.2) is 53.1 Å². The van der Waals surface area contributed by atoms with Gasteiger partial charge in [-0.3, -0.25) is 9.69 Å². The number of carbonyl (C=O) groups is 1. The van der Waals surface area contributed by atoms with Crippen molar-refractivity contribution in [1.82, 2.24) is 19.9 Å². The van der Waals surface area contributed by atoms with Crippen molar-refractivity contribution >= 4 is 5.91 Å². The topological polar surface area (TPSA) is 71.7 Å². The first kappa shape index (κ1) is 21.8. The van der Waals surface area contributed by atoms with Gasteiger partial charge >= 0.3 is 6.18 Å². The molecule has 0 saturated carbocycles. The number of ether oxygens (including phenoxy) is 1. The Labute approximate surface area is 182 Å². The van der Waals surface area contributed by atoms with E-state index in [0.717, 1.165) is 12.1 Å². The molecule has 1 aromatic heterocycles. The van der Waals surface area contributed by atoms with Crippen LogP contribution < -0.4 is 4.74 Å². The molecule has 0 spiro atoms. The van der Waals surface area contributed by atoms with E-state index in [1.54, 1.807) is 23.1 Å². The first-order valence-electron chi connectivity index (χ1n) is 10.00. The molecule has 1 aliphatic rings. The quantitative estimate of drug-likeness (QED) is 0.595. The summed E-state index contributed by atoms with van der Waals surface area (Å²) in [6.07, 6.45) is -4.44. The Hall–Kier alpha value is -3.40. The fourth-order valence-corrected chi connectivity index (χ4v) is 3.56. The fraction of sp³-hybridized carbons (Fsp3) is 0.318. The molecule has 0 bridgehead atoms. The zero-order valence-corrected chi connectivity index (χ0v) is 17.3. The van der Waals surface area contributed by atoms with E-state index < -0.39 is 11.7 Å². The molecule has 7 nitrogen and oxygen atoms in total. The number of amides is 1. The van der Waals surface area contributed by atoms with E-state index >= 15 is 0 Å². The Morgan fingerprint density at radius 3 is 2.56 bits per heavy atom. The van der Waals surface area contributed by atoms with E-state index in [4.69, 9.17) is 9.26 Å². The highest BCUT2D eigenvalue weighted by molar-refractivity contribution is 5.97. The third kappa shape index (κ3) is 4.75. The van der Waals surface area contributed by atoms with Crippen LogP contribution in [0.3, 0.4) is 0 Å². The van der Waals surface area contributed by atoms with Gasteiger partial charge in [-0.1, -0.05) is 23.4 Å². The molecule has 1 saturated heterocycles. The number of methoxy groups -OCH3 is 1. The Bertz CT molecular complexity index is 1090. The standard InChI is InChI=1S/C22H21F3N4O3/c1-31-18-8-3-2-7-17(18)21(30)29-11-9-28(10-12-29)14-19-26-20(32-27-19)15-5-4-6-16(13-15)22(23,24)25/h2-8,13H,9-12,14H2,1H3.